The number of anilines is 1. The van der Waals surface area contributed by atoms with Crippen LogP contribution in [0.25, 0.3) is 0 Å². The molecule has 1 aromatic rings. The third-order valence-electron chi connectivity index (χ3n) is 4.92. The molecule has 0 bridgehead atoms. The van der Waals surface area contributed by atoms with Crippen molar-refractivity contribution in [2.75, 3.05) is 11.9 Å². The van der Waals surface area contributed by atoms with Crippen molar-refractivity contribution in [3.05, 3.63) is 29.3 Å². The van der Waals surface area contributed by atoms with E-state index in [1.165, 1.54) is 0 Å². The van der Waals surface area contributed by atoms with Gasteiger partial charge in [-0.2, -0.15) is 0 Å². The van der Waals surface area contributed by atoms with E-state index in [0.717, 1.165) is 24.3 Å². The highest BCUT2D eigenvalue weighted by Crippen LogP contribution is 2.53. The predicted molar refractivity (Wildman–Crippen MR) is 78.7 cm³/mol. The topological polar surface area (TPSA) is 64.4 Å². The monoisotopic (exact) mass is 274 g/mol. The molecule has 1 saturated carbocycles. The van der Waals surface area contributed by atoms with E-state index in [0.29, 0.717) is 23.6 Å². The summed E-state index contributed by atoms with van der Waals surface area (Å²) in [6.07, 6.45) is 1.51. The first-order valence-electron chi connectivity index (χ1n) is 7.20. The molecule has 20 heavy (non-hydrogen) atoms. The fraction of sp³-hybridized carbons (Fsp3) is 0.562. The highest BCUT2D eigenvalue weighted by atomic mass is 16.5. The molecule has 1 aliphatic carbocycles. The Balaban J connectivity index is 1.80. The van der Waals surface area contributed by atoms with Crippen LogP contribution in [-0.4, -0.2) is 24.7 Å². The lowest BCUT2D eigenvalue weighted by atomic mass is 9.57. The van der Waals surface area contributed by atoms with Crippen molar-refractivity contribution < 1.29 is 9.53 Å². The highest BCUT2D eigenvalue weighted by Gasteiger charge is 2.59. The van der Waals surface area contributed by atoms with E-state index in [4.69, 9.17) is 10.5 Å². The summed E-state index contributed by atoms with van der Waals surface area (Å²) in [5.41, 5.74) is 8.15. The van der Waals surface area contributed by atoms with Gasteiger partial charge in [-0.15, -0.1) is 0 Å². The molecule has 4 heteroatoms. The van der Waals surface area contributed by atoms with Gasteiger partial charge in [0.25, 0.3) is 0 Å². The summed E-state index contributed by atoms with van der Waals surface area (Å²) < 4.78 is 5.81. The normalized spacial score (nSPS) is 30.4. The average molecular weight is 274 g/mol. The van der Waals surface area contributed by atoms with E-state index in [9.17, 15) is 4.79 Å². The Morgan fingerprint density at radius 2 is 2.20 bits per heavy atom. The first kappa shape index (κ1) is 13.4. The van der Waals surface area contributed by atoms with Gasteiger partial charge in [0.1, 0.15) is 0 Å². The second kappa shape index (κ2) is 4.48. The quantitative estimate of drug-likeness (QED) is 0.889. The van der Waals surface area contributed by atoms with Crippen LogP contribution >= 0.6 is 0 Å². The minimum absolute atomic E-state index is 0.149. The zero-order chi connectivity index (χ0) is 14.5. The number of primary amides is 1. The minimum atomic E-state index is -0.382. The molecule has 1 heterocycles. The molecular weight excluding hydrogens is 252 g/mol. The Bertz CT molecular complexity index is 553. The summed E-state index contributed by atoms with van der Waals surface area (Å²) in [5.74, 6) is 0.216. The number of nitrogens with two attached hydrogens (primary N) is 1. The third kappa shape index (κ3) is 1.90. The lowest BCUT2D eigenvalue weighted by Gasteiger charge is -2.55. The second-order valence-corrected chi connectivity index (χ2v) is 6.58. The van der Waals surface area contributed by atoms with Crippen molar-refractivity contribution in [2.24, 2.45) is 17.1 Å². The number of ether oxygens (including phenoxy) is 1. The van der Waals surface area contributed by atoms with Crippen LogP contribution in [0.1, 0.15) is 36.2 Å². The fourth-order valence-corrected chi connectivity index (χ4v) is 3.76. The number of hydrogen-bond acceptors (Lipinski definition) is 3. The number of fused-ring (bicyclic) bond motifs is 1. The van der Waals surface area contributed by atoms with E-state index in [1.54, 1.807) is 6.07 Å². The maximum Gasteiger partial charge on any atom is 0.248 e. The molecule has 1 saturated heterocycles. The van der Waals surface area contributed by atoms with Gasteiger partial charge >= 0.3 is 0 Å². The van der Waals surface area contributed by atoms with Crippen LogP contribution in [0.3, 0.4) is 0 Å². The first-order valence-corrected chi connectivity index (χ1v) is 7.20. The van der Waals surface area contributed by atoms with Gasteiger partial charge in [0, 0.05) is 35.2 Å². The maximum absolute atomic E-state index is 11.2. The number of amides is 1. The lowest BCUT2D eigenvalue weighted by molar-refractivity contribution is -0.0923. The first-order chi connectivity index (χ1) is 9.41. The average Bonchev–Trinajstić information content (AvgIpc) is 2.83. The highest BCUT2D eigenvalue weighted by molar-refractivity contribution is 5.93. The lowest BCUT2D eigenvalue weighted by Crippen LogP contribution is -2.63. The Morgan fingerprint density at radius 1 is 1.45 bits per heavy atom. The van der Waals surface area contributed by atoms with Crippen LogP contribution in [0.15, 0.2) is 18.2 Å². The van der Waals surface area contributed by atoms with Crippen molar-refractivity contribution in [3.8, 4) is 0 Å². The van der Waals surface area contributed by atoms with Gasteiger partial charge in [-0.3, -0.25) is 4.79 Å². The Labute approximate surface area is 119 Å². The van der Waals surface area contributed by atoms with Crippen LogP contribution in [0.2, 0.25) is 0 Å². The molecule has 3 rings (SSSR count). The predicted octanol–water partition coefficient (Wildman–Crippen LogP) is 2.32. The summed E-state index contributed by atoms with van der Waals surface area (Å²) >= 11 is 0. The van der Waals surface area contributed by atoms with E-state index < -0.39 is 0 Å². The molecule has 1 aliphatic heterocycles. The van der Waals surface area contributed by atoms with Crippen LogP contribution in [0, 0.1) is 18.3 Å². The number of rotatable bonds is 3. The number of aryl methyl sites for hydroxylation is 1. The number of hydrogen-bond donors (Lipinski definition) is 2. The zero-order valence-electron chi connectivity index (χ0n) is 12.3. The SMILES string of the molecule is Cc1cc(C(N)=O)ccc1NC1C2CCOC2C1(C)C. The fourth-order valence-electron chi connectivity index (χ4n) is 3.76. The summed E-state index contributed by atoms with van der Waals surface area (Å²) in [6, 6.07) is 6.01. The molecule has 108 valence electrons. The van der Waals surface area contributed by atoms with Crippen molar-refractivity contribution in [3.63, 3.8) is 0 Å². The van der Waals surface area contributed by atoms with E-state index in [2.05, 4.69) is 19.2 Å². The van der Waals surface area contributed by atoms with Crippen molar-refractivity contribution in [1.82, 2.24) is 0 Å². The molecule has 1 aromatic carbocycles. The summed E-state index contributed by atoms with van der Waals surface area (Å²) in [4.78, 5) is 11.2. The smallest absolute Gasteiger partial charge is 0.248 e. The minimum Gasteiger partial charge on any atom is -0.381 e. The molecule has 3 unspecified atom stereocenters. The van der Waals surface area contributed by atoms with Crippen LogP contribution in [0.5, 0.6) is 0 Å². The maximum atomic E-state index is 11.2. The second-order valence-electron chi connectivity index (χ2n) is 6.58. The summed E-state index contributed by atoms with van der Waals surface area (Å²) in [7, 11) is 0. The van der Waals surface area contributed by atoms with E-state index in [-0.39, 0.29) is 11.3 Å². The van der Waals surface area contributed by atoms with Crippen molar-refractivity contribution in [1.29, 1.82) is 0 Å². The summed E-state index contributed by atoms with van der Waals surface area (Å²) in [6.45, 7) is 7.38. The number of benzene rings is 1. The molecule has 0 radical (unpaired) electrons. The Hall–Kier alpha value is -1.55. The van der Waals surface area contributed by atoms with Gasteiger partial charge in [0.05, 0.1) is 6.10 Å². The number of carbonyl (C=O) groups is 1. The van der Waals surface area contributed by atoms with Crippen LogP contribution in [-0.2, 0) is 4.74 Å². The van der Waals surface area contributed by atoms with Gasteiger partial charge < -0.3 is 15.8 Å². The van der Waals surface area contributed by atoms with E-state index in [1.807, 2.05) is 19.1 Å². The van der Waals surface area contributed by atoms with Crippen molar-refractivity contribution in [2.45, 2.75) is 39.3 Å². The van der Waals surface area contributed by atoms with Gasteiger partial charge in [-0.25, -0.2) is 0 Å². The molecule has 1 amide bonds. The Kier molecular flexibility index (Phi) is 3.01. The molecule has 4 nitrogen and oxygen atoms in total. The number of carbonyl (C=O) groups excluding carboxylic acids is 1. The number of nitrogens with one attached hydrogen (secondary N) is 1. The molecule has 2 fully saturated rings. The standard InChI is InChI=1S/C16H22N2O2/c1-9-8-10(15(17)19)4-5-12(9)18-13-11-6-7-20-14(11)16(13,2)3/h4-5,8,11,13-14,18H,6-7H2,1-3H3,(H2,17,19). The summed E-state index contributed by atoms with van der Waals surface area (Å²) in [5, 5.41) is 3.64. The molecule has 0 spiro atoms. The van der Waals surface area contributed by atoms with Gasteiger partial charge in [0.2, 0.25) is 5.91 Å². The third-order valence-corrected chi connectivity index (χ3v) is 4.92. The Morgan fingerprint density at radius 3 is 2.85 bits per heavy atom. The molecule has 3 N–H and O–H groups in total. The molecule has 2 aliphatic rings. The molecular formula is C16H22N2O2. The van der Waals surface area contributed by atoms with Gasteiger partial charge in [0.15, 0.2) is 0 Å². The largest absolute Gasteiger partial charge is 0.381 e. The zero-order valence-corrected chi connectivity index (χ0v) is 12.3. The van der Waals surface area contributed by atoms with Crippen LogP contribution in [0.4, 0.5) is 5.69 Å². The van der Waals surface area contributed by atoms with Gasteiger partial charge in [-0.05, 0) is 37.1 Å². The van der Waals surface area contributed by atoms with E-state index >= 15 is 0 Å². The van der Waals surface area contributed by atoms with Crippen molar-refractivity contribution >= 4 is 11.6 Å². The molecule has 3 atom stereocenters. The van der Waals surface area contributed by atoms with Gasteiger partial charge in [-0.1, -0.05) is 13.8 Å². The molecule has 0 aromatic heterocycles. The van der Waals surface area contributed by atoms with Crippen LogP contribution < -0.4 is 11.1 Å².